The highest BCUT2D eigenvalue weighted by Gasteiger charge is 2.30. The van der Waals surface area contributed by atoms with Crippen LogP contribution in [0.4, 0.5) is 13.2 Å². The van der Waals surface area contributed by atoms with E-state index in [9.17, 15) is 18.0 Å². The highest BCUT2D eigenvalue weighted by atomic mass is 19.4. The van der Waals surface area contributed by atoms with Gasteiger partial charge in [0.2, 0.25) is 5.91 Å². The number of hydrogen-bond donors (Lipinski definition) is 0. The minimum Gasteiger partial charge on any atom is -0.498 e. The van der Waals surface area contributed by atoms with Gasteiger partial charge in [-0.25, -0.2) is 0 Å². The molecule has 0 saturated carbocycles. The van der Waals surface area contributed by atoms with Crippen molar-refractivity contribution in [3.63, 3.8) is 0 Å². The third-order valence-corrected chi connectivity index (χ3v) is 5.13. The van der Waals surface area contributed by atoms with E-state index in [1.54, 1.807) is 11.1 Å². The summed E-state index contributed by atoms with van der Waals surface area (Å²) in [6, 6.07) is 10.7. The molecule has 30 heavy (non-hydrogen) atoms. The smallest absolute Gasteiger partial charge is 0.416 e. The summed E-state index contributed by atoms with van der Waals surface area (Å²) in [4.78, 5) is 16.2. The molecule has 0 aliphatic carbocycles. The summed E-state index contributed by atoms with van der Waals surface area (Å²) in [7, 11) is 0. The van der Waals surface area contributed by atoms with Gasteiger partial charge in [-0.3, -0.25) is 9.69 Å². The van der Waals surface area contributed by atoms with Gasteiger partial charge in [0.15, 0.2) is 0 Å². The van der Waals surface area contributed by atoms with Gasteiger partial charge in [-0.15, -0.1) is 0 Å². The maximum atomic E-state index is 12.8. The van der Waals surface area contributed by atoms with Crippen molar-refractivity contribution in [2.75, 3.05) is 32.8 Å². The first kappa shape index (κ1) is 20.3. The van der Waals surface area contributed by atoms with E-state index < -0.39 is 11.7 Å². The summed E-state index contributed by atoms with van der Waals surface area (Å²) in [5, 5.41) is 0. The number of hydrogen-bond acceptors (Lipinski definition) is 4. The van der Waals surface area contributed by atoms with E-state index in [4.69, 9.17) is 9.47 Å². The monoisotopic (exact) mass is 418 g/mol. The van der Waals surface area contributed by atoms with Crippen LogP contribution in [0, 0.1) is 0 Å². The van der Waals surface area contributed by atoms with Gasteiger partial charge in [0, 0.05) is 24.9 Å². The molecule has 0 atom stereocenters. The molecule has 2 aromatic rings. The van der Waals surface area contributed by atoms with E-state index >= 15 is 0 Å². The quantitative estimate of drug-likeness (QED) is 0.759. The molecule has 158 valence electrons. The van der Waals surface area contributed by atoms with Crippen molar-refractivity contribution in [3.05, 3.63) is 66.1 Å². The van der Waals surface area contributed by atoms with Crippen LogP contribution in [0.2, 0.25) is 0 Å². The Morgan fingerprint density at radius 3 is 2.47 bits per heavy atom. The molecule has 0 saturated heterocycles. The fraction of sp³-hybridized carbons (Fsp3) is 0.318. The number of ether oxygens (including phenoxy) is 2. The van der Waals surface area contributed by atoms with E-state index in [1.807, 2.05) is 23.1 Å². The average Bonchev–Trinajstić information content (AvgIpc) is 2.95. The largest absolute Gasteiger partial charge is 0.498 e. The molecule has 0 bridgehead atoms. The third kappa shape index (κ3) is 4.59. The number of carbonyl (C=O) groups is 1. The molecule has 0 aromatic heterocycles. The second-order valence-corrected chi connectivity index (χ2v) is 7.20. The Bertz CT molecular complexity index is 942. The van der Waals surface area contributed by atoms with Crippen molar-refractivity contribution in [2.24, 2.45) is 0 Å². The van der Waals surface area contributed by atoms with E-state index in [0.717, 1.165) is 29.0 Å². The predicted molar refractivity (Wildman–Crippen MR) is 104 cm³/mol. The van der Waals surface area contributed by atoms with Crippen LogP contribution in [-0.4, -0.2) is 48.6 Å². The first-order valence-corrected chi connectivity index (χ1v) is 9.63. The number of alkyl halides is 3. The number of carbonyl (C=O) groups excluding carboxylic acids is 1. The Hall–Kier alpha value is -3.00. The molecular formula is C22H21F3N2O3. The molecule has 2 aromatic carbocycles. The van der Waals surface area contributed by atoms with Crippen molar-refractivity contribution in [2.45, 2.75) is 12.7 Å². The average molecular weight is 418 g/mol. The van der Waals surface area contributed by atoms with E-state index in [1.165, 1.54) is 18.4 Å². The topological polar surface area (TPSA) is 42.0 Å². The van der Waals surface area contributed by atoms with Gasteiger partial charge in [-0.05, 0) is 35.4 Å². The molecule has 8 heteroatoms. The van der Waals surface area contributed by atoms with Gasteiger partial charge in [0.1, 0.15) is 19.0 Å². The molecule has 0 radical (unpaired) electrons. The molecule has 2 aliphatic heterocycles. The molecule has 0 fully saturated rings. The van der Waals surface area contributed by atoms with Crippen LogP contribution in [0.25, 0.3) is 11.1 Å². The minimum absolute atomic E-state index is 0.0168. The number of nitrogens with zero attached hydrogens (tertiary/aromatic N) is 2. The summed E-state index contributed by atoms with van der Waals surface area (Å²) >= 11 is 0. The zero-order valence-electron chi connectivity index (χ0n) is 16.2. The van der Waals surface area contributed by atoms with Crippen LogP contribution in [0.3, 0.4) is 0 Å². The zero-order chi connectivity index (χ0) is 21.1. The lowest BCUT2D eigenvalue weighted by atomic mass is 10.0. The standard InChI is InChI=1S/C22H21F3N2O3/c23-22(24,25)19-4-1-16(2-5-19)17-3-6-20-18(13-17)14-26(7-12-30-20)15-21(28)27-8-10-29-11-9-27/h1-6,8,10,13H,7,9,11-12,14-15H2. The fourth-order valence-corrected chi connectivity index (χ4v) is 3.51. The van der Waals surface area contributed by atoms with Crippen molar-refractivity contribution in [3.8, 4) is 16.9 Å². The summed E-state index contributed by atoms with van der Waals surface area (Å²) in [6.45, 7) is 2.82. The van der Waals surface area contributed by atoms with Gasteiger partial charge in [0.05, 0.1) is 24.9 Å². The fourth-order valence-electron chi connectivity index (χ4n) is 3.51. The molecule has 4 rings (SSSR count). The number of fused-ring (bicyclic) bond motifs is 1. The Balaban J connectivity index is 1.51. The lowest BCUT2D eigenvalue weighted by Crippen LogP contribution is -2.40. The van der Waals surface area contributed by atoms with Gasteiger partial charge < -0.3 is 14.4 Å². The summed E-state index contributed by atoms with van der Waals surface area (Å²) in [5.41, 5.74) is 1.72. The number of benzene rings is 2. The number of halogens is 3. The van der Waals surface area contributed by atoms with Gasteiger partial charge >= 0.3 is 6.18 Å². The van der Waals surface area contributed by atoms with Crippen LogP contribution in [-0.2, 0) is 22.3 Å². The van der Waals surface area contributed by atoms with Gasteiger partial charge in [-0.2, -0.15) is 13.2 Å². The van der Waals surface area contributed by atoms with Crippen LogP contribution < -0.4 is 4.74 Å². The maximum Gasteiger partial charge on any atom is 0.416 e. The molecule has 2 aliphatic rings. The van der Waals surface area contributed by atoms with Crippen LogP contribution in [0.15, 0.2) is 54.9 Å². The molecule has 0 unspecified atom stereocenters. The van der Waals surface area contributed by atoms with Crippen molar-refractivity contribution < 1.29 is 27.4 Å². The Labute approximate surface area is 172 Å². The highest BCUT2D eigenvalue weighted by molar-refractivity contribution is 5.79. The van der Waals surface area contributed by atoms with E-state index in [0.29, 0.717) is 38.4 Å². The van der Waals surface area contributed by atoms with Crippen molar-refractivity contribution in [1.82, 2.24) is 9.80 Å². The molecule has 1 amide bonds. The second-order valence-electron chi connectivity index (χ2n) is 7.20. The number of amides is 1. The van der Waals surface area contributed by atoms with Gasteiger partial charge in [0.25, 0.3) is 0 Å². The lowest BCUT2D eigenvalue weighted by molar-refractivity contribution is -0.137. The summed E-state index contributed by atoms with van der Waals surface area (Å²) < 4.78 is 49.4. The Kier molecular flexibility index (Phi) is 5.67. The Morgan fingerprint density at radius 2 is 1.77 bits per heavy atom. The SMILES string of the molecule is O=C(CN1CCOc2ccc(-c3ccc(C(F)(F)F)cc3)cc2C1)N1C=COCC1. The van der Waals surface area contributed by atoms with Crippen molar-refractivity contribution >= 4 is 5.91 Å². The summed E-state index contributed by atoms with van der Waals surface area (Å²) in [5.74, 6) is 0.712. The predicted octanol–water partition coefficient (Wildman–Crippen LogP) is 3.90. The molecule has 0 N–H and O–H groups in total. The number of rotatable bonds is 3. The Morgan fingerprint density at radius 1 is 1.00 bits per heavy atom. The zero-order valence-corrected chi connectivity index (χ0v) is 16.2. The third-order valence-electron chi connectivity index (χ3n) is 5.13. The van der Waals surface area contributed by atoms with E-state index in [2.05, 4.69) is 0 Å². The molecule has 5 nitrogen and oxygen atoms in total. The normalized spacial score (nSPS) is 17.0. The van der Waals surface area contributed by atoms with Crippen LogP contribution in [0.1, 0.15) is 11.1 Å². The molecule has 2 heterocycles. The first-order chi connectivity index (χ1) is 14.4. The van der Waals surface area contributed by atoms with Crippen molar-refractivity contribution in [1.29, 1.82) is 0 Å². The lowest BCUT2D eigenvalue weighted by Gasteiger charge is -2.25. The van der Waals surface area contributed by atoms with Crippen LogP contribution >= 0.6 is 0 Å². The second kappa shape index (κ2) is 8.39. The minimum atomic E-state index is -4.36. The molecule has 0 spiro atoms. The highest BCUT2D eigenvalue weighted by Crippen LogP contribution is 2.33. The van der Waals surface area contributed by atoms with Crippen LogP contribution in [0.5, 0.6) is 5.75 Å². The maximum absolute atomic E-state index is 12.8. The van der Waals surface area contributed by atoms with Gasteiger partial charge in [-0.1, -0.05) is 18.2 Å². The summed E-state index contributed by atoms with van der Waals surface area (Å²) in [6.07, 6.45) is -1.21. The van der Waals surface area contributed by atoms with E-state index in [-0.39, 0.29) is 12.5 Å². The first-order valence-electron chi connectivity index (χ1n) is 9.63. The molecular weight excluding hydrogens is 397 g/mol.